The molecule has 1 spiro atoms. The third kappa shape index (κ3) is 2.45. The normalized spacial score (nSPS) is 36.5. The van der Waals surface area contributed by atoms with Crippen molar-refractivity contribution in [3.05, 3.63) is 0 Å². The van der Waals surface area contributed by atoms with Crippen LogP contribution in [0.3, 0.4) is 0 Å². The summed E-state index contributed by atoms with van der Waals surface area (Å²) >= 11 is 0. The van der Waals surface area contributed by atoms with Crippen LogP contribution in [0.4, 0.5) is 0 Å². The van der Waals surface area contributed by atoms with Gasteiger partial charge in [-0.3, -0.25) is 9.80 Å². The Balaban J connectivity index is 1.45. The van der Waals surface area contributed by atoms with Gasteiger partial charge in [0, 0.05) is 49.7 Å². The van der Waals surface area contributed by atoms with Gasteiger partial charge in [0.1, 0.15) is 0 Å². The molecule has 0 bridgehead atoms. The Morgan fingerprint density at radius 2 is 1.84 bits per heavy atom. The molecular formula is C16H31N3. The summed E-state index contributed by atoms with van der Waals surface area (Å²) in [5, 5.41) is 0. The molecule has 2 atom stereocenters. The Morgan fingerprint density at radius 1 is 1.16 bits per heavy atom. The van der Waals surface area contributed by atoms with Gasteiger partial charge in [0.25, 0.3) is 0 Å². The number of rotatable bonds is 3. The molecule has 3 heteroatoms. The average molecular weight is 265 g/mol. The van der Waals surface area contributed by atoms with Crippen molar-refractivity contribution in [3.63, 3.8) is 0 Å². The number of hydrogen-bond acceptors (Lipinski definition) is 3. The fourth-order valence-electron chi connectivity index (χ4n) is 4.45. The molecule has 0 radical (unpaired) electrons. The minimum Gasteiger partial charge on any atom is -0.301 e. The maximum Gasteiger partial charge on any atom is 0.0212 e. The van der Waals surface area contributed by atoms with Crippen LogP contribution >= 0.6 is 0 Å². The summed E-state index contributed by atoms with van der Waals surface area (Å²) in [5.41, 5.74) is 0.690. The fraction of sp³-hybridized carbons (Fsp3) is 1.00. The van der Waals surface area contributed by atoms with Gasteiger partial charge in [0.2, 0.25) is 0 Å². The van der Waals surface area contributed by atoms with Crippen molar-refractivity contribution >= 4 is 0 Å². The highest BCUT2D eigenvalue weighted by Gasteiger charge is 2.53. The van der Waals surface area contributed by atoms with E-state index in [-0.39, 0.29) is 0 Å². The fourth-order valence-corrected chi connectivity index (χ4v) is 4.45. The van der Waals surface area contributed by atoms with E-state index in [0.29, 0.717) is 5.41 Å². The van der Waals surface area contributed by atoms with Crippen molar-refractivity contribution in [1.29, 1.82) is 0 Å². The van der Waals surface area contributed by atoms with Gasteiger partial charge in [-0.1, -0.05) is 6.92 Å². The molecule has 110 valence electrons. The van der Waals surface area contributed by atoms with Crippen LogP contribution in [0, 0.1) is 5.41 Å². The summed E-state index contributed by atoms with van der Waals surface area (Å²) in [6, 6.07) is 2.40. The monoisotopic (exact) mass is 265 g/mol. The maximum atomic E-state index is 2.78. The van der Waals surface area contributed by atoms with E-state index < -0.39 is 0 Å². The van der Waals surface area contributed by atoms with Crippen LogP contribution in [0.1, 0.15) is 40.5 Å². The molecule has 3 saturated heterocycles. The predicted molar refractivity (Wildman–Crippen MR) is 80.4 cm³/mol. The van der Waals surface area contributed by atoms with E-state index in [1.807, 2.05) is 0 Å². The van der Waals surface area contributed by atoms with Gasteiger partial charge in [-0.05, 0) is 46.7 Å². The summed E-state index contributed by atoms with van der Waals surface area (Å²) in [7, 11) is 0. The lowest BCUT2D eigenvalue weighted by molar-refractivity contribution is -0.146. The molecular weight excluding hydrogens is 234 g/mol. The molecule has 3 nitrogen and oxygen atoms in total. The number of piperidine rings is 1. The third-order valence-corrected chi connectivity index (χ3v) is 5.79. The zero-order valence-electron chi connectivity index (χ0n) is 13.2. The molecule has 3 aliphatic rings. The molecule has 0 aromatic rings. The zero-order valence-corrected chi connectivity index (χ0v) is 13.2. The molecule has 3 aliphatic heterocycles. The van der Waals surface area contributed by atoms with Crippen molar-refractivity contribution < 1.29 is 0 Å². The number of nitrogens with zero attached hydrogens (tertiary/aromatic N) is 3. The van der Waals surface area contributed by atoms with Crippen LogP contribution in [-0.4, -0.2) is 72.1 Å². The standard InChI is InChI=1S/C16H31N3/c1-5-17-7-6-15(8-14(17)4)19-11-16(12-19)9-18(10-16)13(2)3/h13-15H,5-12H2,1-4H3/t14-,15?/m0/s1. The lowest BCUT2D eigenvalue weighted by atomic mass is 9.71. The summed E-state index contributed by atoms with van der Waals surface area (Å²) in [5.74, 6) is 0. The van der Waals surface area contributed by atoms with Crippen LogP contribution < -0.4 is 0 Å². The lowest BCUT2D eigenvalue weighted by Gasteiger charge is -2.64. The molecule has 0 amide bonds. The quantitative estimate of drug-likeness (QED) is 0.771. The van der Waals surface area contributed by atoms with Crippen LogP contribution in [0.15, 0.2) is 0 Å². The van der Waals surface area contributed by atoms with Gasteiger partial charge in [-0.25, -0.2) is 0 Å². The topological polar surface area (TPSA) is 9.72 Å². The molecule has 0 aliphatic carbocycles. The molecule has 3 rings (SSSR count). The Kier molecular flexibility index (Phi) is 3.65. The minimum atomic E-state index is 0.690. The SMILES string of the molecule is CCN1CCC(N2CC3(CN(C(C)C)C3)C2)C[C@@H]1C. The largest absolute Gasteiger partial charge is 0.301 e. The number of hydrogen-bond donors (Lipinski definition) is 0. The van der Waals surface area contributed by atoms with Crippen LogP contribution in [-0.2, 0) is 0 Å². The molecule has 1 unspecified atom stereocenters. The molecule has 3 heterocycles. The predicted octanol–water partition coefficient (Wildman–Crippen LogP) is 1.89. The molecule has 0 aromatic heterocycles. The van der Waals surface area contributed by atoms with Gasteiger partial charge < -0.3 is 4.90 Å². The molecule has 0 aromatic carbocycles. The van der Waals surface area contributed by atoms with E-state index in [2.05, 4.69) is 42.4 Å². The second kappa shape index (κ2) is 5.01. The Labute approximate surface area is 118 Å². The first-order chi connectivity index (χ1) is 9.03. The minimum absolute atomic E-state index is 0.690. The molecule has 3 fully saturated rings. The van der Waals surface area contributed by atoms with E-state index in [1.165, 1.54) is 52.1 Å². The van der Waals surface area contributed by atoms with E-state index >= 15 is 0 Å². The van der Waals surface area contributed by atoms with E-state index in [4.69, 9.17) is 0 Å². The summed E-state index contributed by atoms with van der Waals surface area (Å²) in [4.78, 5) is 8.04. The smallest absolute Gasteiger partial charge is 0.0212 e. The van der Waals surface area contributed by atoms with Crippen molar-refractivity contribution in [2.75, 3.05) is 39.3 Å². The highest BCUT2D eigenvalue weighted by Crippen LogP contribution is 2.42. The highest BCUT2D eigenvalue weighted by atomic mass is 15.3. The summed E-state index contributed by atoms with van der Waals surface area (Å²) < 4.78 is 0. The first kappa shape index (κ1) is 13.8. The van der Waals surface area contributed by atoms with E-state index in [1.54, 1.807) is 0 Å². The first-order valence-corrected chi connectivity index (χ1v) is 8.25. The van der Waals surface area contributed by atoms with E-state index in [0.717, 1.165) is 18.1 Å². The van der Waals surface area contributed by atoms with Crippen molar-refractivity contribution in [3.8, 4) is 0 Å². The second-order valence-corrected chi connectivity index (χ2v) is 7.56. The van der Waals surface area contributed by atoms with Gasteiger partial charge in [-0.15, -0.1) is 0 Å². The van der Waals surface area contributed by atoms with Gasteiger partial charge in [0.05, 0.1) is 0 Å². The summed E-state index contributed by atoms with van der Waals surface area (Å²) in [6.45, 7) is 17.3. The van der Waals surface area contributed by atoms with Gasteiger partial charge in [-0.2, -0.15) is 0 Å². The van der Waals surface area contributed by atoms with Crippen LogP contribution in [0.25, 0.3) is 0 Å². The lowest BCUT2D eigenvalue weighted by Crippen LogP contribution is -2.74. The molecule has 19 heavy (non-hydrogen) atoms. The van der Waals surface area contributed by atoms with E-state index in [9.17, 15) is 0 Å². The zero-order chi connectivity index (χ0) is 13.6. The summed E-state index contributed by atoms with van der Waals surface area (Å²) in [6.07, 6.45) is 2.78. The maximum absolute atomic E-state index is 2.78. The Bertz CT molecular complexity index is 314. The van der Waals surface area contributed by atoms with Crippen LogP contribution in [0.5, 0.6) is 0 Å². The van der Waals surface area contributed by atoms with Gasteiger partial charge >= 0.3 is 0 Å². The first-order valence-electron chi connectivity index (χ1n) is 8.25. The Hall–Kier alpha value is -0.120. The van der Waals surface area contributed by atoms with Crippen molar-refractivity contribution in [2.45, 2.75) is 58.7 Å². The van der Waals surface area contributed by atoms with Crippen molar-refractivity contribution in [2.24, 2.45) is 5.41 Å². The highest BCUT2D eigenvalue weighted by molar-refractivity contribution is 5.08. The number of likely N-dealkylation sites (tertiary alicyclic amines) is 3. The molecule has 0 N–H and O–H groups in total. The second-order valence-electron chi connectivity index (χ2n) is 7.56. The Morgan fingerprint density at radius 3 is 2.37 bits per heavy atom. The third-order valence-electron chi connectivity index (χ3n) is 5.79. The average Bonchev–Trinajstić information content (AvgIpc) is 2.25. The van der Waals surface area contributed by atoms with Crippen LogP contribution in [0.2, 0.25) is 0 Å². The molecule has 0 saturated carbocycles. The van der Waals surface area contributed by atoms with Crippen molar-refractivity contribution in [1.82, 2.24) is 14.7 Å². The van der Waals surface area contributed by atoms with Gasteiger partial charge in [0.15, 0.2) is 0 Å².